The van der Waals surface area contributed by atoms with Gasteiger partial charge in [-0.3, -0.25) is 9.69 Å². The Kier molecular flexibility index (Phi) is 5.17. The van der Waals surface area contributed by atoms with Gasteiger partial charge in [-0.05, 0) is 23.6 Å². The third-order valence-corrected chi connectivity index (χ3v) is 6.27. The molecule has 0 amide bonds. The van der Waals surface area contributed by atoms with Crippen LogP contribution in [0.2, 0.25) is 0 Å². The van der Waals surface area contributed by atoms with Crippen molar-refractivity contribution in [1.82, 2.24) is 9.80 Å². The first kappa shape index (κ1) is 18.7. The van der Waals surface area contributed by atoms with Crippen molar-refractivity contribution < 1.29 is 9.90 Å². The summed E-state index contributed by atoms with van der Waals surface area (Å²) in [6, 6.07) is 20.2. The Morgan fingerprint density at radius 2 is 1.75 bits per heavy atom. The van der Waals surface area contributed by atoms with Crippen LogP contribution in [0.1, 0.15) is 16.7 Å². The number of likely N-dealkylation sites (tertiary alicyclic amines) is 2. The van der Waals surface area contributed by atoms with Crippen LogP contribution in [0.5, 0.6) is 0 Å². The second-order valence-corrected chi connectivity index (χ2v) is 8.07. The van der Waals surface area contributed by atoms with Crippen LogP contribution >= 0.6 is 0 Å². The standard InChI is InChI=1S/C23H25N3O2/c24-12-19-8-4-5-9-20(19)13-26-15-21-14-25(16-23(21,17-26)22(27)28)11-10-18-6-2-1-3-7-18/h1-9,21H,10-11,13-17H2,(H,27,28)/t21-,23-/m0/s1. The average Bonchev–Trinajstić information content (AvgIpc) is 3.22. The molecule has 2 aliphatic heterocycles. The van der Waals surface area contributed by atoms with E-state index >= 15 is 0 Å². The third-order valence-electron chi connectivity index (χ3n) is 6.27. The Morgan fingerprint density at radius 3 is 2.46 bits per heavy atom. The lowest BCUT2D eigenvalue weighted by Gasteiger charge is -2.25. The summed E-state index contributed by atoms with van der Waals surface area (Å²) in [5.74, 6) is -0.550. The highest BCUT2D eigenvalue weighted by Crippen LogP contribution is 2.43. The van der Waals surface area contributed by atoms with E-state index in [1.807, 2.05) is 42.5 Å². The van der Waals surface area contributed by atoms with Gasteiger partial charge in [0.15, 0.2) is 0 Å². The maximum Gasteiger partial charge on any atom is 0.312 e. The molecule has 0 aliphatic carbocycles. The molecule has 0 radical (unpaired) electrons. The molecule has 2 atom stereocenters. The predicted molar refractivity (Wildman–Crippen MR) is 107 cm³/mol. The quantitative estimate of drug-likeness (QED) is 0.841. The Hall–Kier alpha value is -2.68. The highest BCUT2D eigenvalue weighted by atomic mass is 16.4. The molecule has 2 heterocycles. The zero-order valence-electron chi connectivity index (χ0n) is 15.9. The first-order valence-electron chi connectivity index (χ1n) is 9.81. The van der Waals surface area contributed by atoms with E-state index in [2.05, 4.69) is 28.0 Å². The number of nitriles is 1. The Morgan fingerprint density at radius 1 is 1.07 bits per heavy atom. The highest BCUT2D eigenvalue weighted by Gasteiger charge is 2.57. The Bertz CT molecular complexity index is 892. The van der Waals surface area contributed by atoms with Crippen LogP contribution in [0.15, 0.2) is 54.6 Å². The molecule has 5 nitrogen and oxygen atoms in total. The van der Waals surface area contributed by atoms with Crippen molar-refractivity contribution in [3.05, 3.63) is 71.3 Å². The molecule has 1 N–H and O–H groups in total. The van der Waals surface area contributed by atoms with Gasteiger partial charge in [0.05, 0.1) is 17.0 Å². The topological polar surface area (TPSA) is 67.6 Å². The van der Waals surface area contributed by atoms with Gasteiger partial charge >= 0.3 is 5.97 Å². The van der Waals surface area contributed by atoms with Gasteiger partial charge in [0.25, 0.3) is 0 Å². The summed E-state index contributed by atoms with van der Waals surface area (Å²) in [6.07, 6.45) is 0.947. The molecule has 0 aromatic heterocycles. The monoisotopic (exact) mass is 375 g/mol. The largest absolute Gasteiger partial charge is 0.481 e. The minimum atomic E-state index is -0.696. The van der Waals surface area contributed by atoms with Gasteiger partial charge in [0.1, 0.15) is 0 Å². The normalized spacial score (nSPS) is 24.8. The highest BCUT2D eigenvalue weighted by molar-refractivity contribution is 5.77. The molecule has 2 aromatic rings. The summed E-state index contributed by atoms with van der Waals surface area (Å²) >= 11 is 0. The van der Waals surface area contributed by atoms with Gasteiger partial charge in [0, 0.05) is 45.2 Å². The molecular formula is C23H25N3O2. The fourth-order valence-electron chi connectivity index (χ4n) is 4.81. The van der Waals surface area contributed by atoms with E-state index in [0.29, 0.717) is 25.2 Å². The molecule has 2 fully saturated rings. The number of nitrogens with zero attached hydrogens (tertiary/aromatic N) is 3. The van der Waals surface area contributed by atoms with Crippen molar-refractivity contribution in [2.75, 3.05) is 32.7 Å². The minimum absolute atomic E-state index is 0.134. The smallest absolute Gasteiger partial charge is 0.312 e. The zero-order chi connectivity index (χ0) is 19.6. The van der Waals surface area contributed by atoms with Crippen LogP contribution in [0, 0.1) is 22.7 Å². The zero-order valence-corrected chi connectivity index (χ0v) is 15.9. The van der Waals surface area contributed by atoms with Crippen molar-refractivity contribution in [1.29, 1.82) is 5.26 Å². The van der Waals surface area contributed by atoms with E-state index in [4.69, 9.17) is 0 Å². The minimum Gasteiger partial charge on any atom is -0.481 e. The molecule has 0 saturated carbocycles. The molecular weight excluding hydrogens is 350 g/mol. The number of fused-ring (bicyclic) bond motifs is 1. The number of carboxylic acids is 1. The maximum atomic E-state index is 12.2. The number of carbonyl (C=O) groups is 1. The molecule has 0 bridgehead atoms. The van der Waals surface area contributed by atoms with Crippen molar-refractivity contribution in [2.24, 2.45) is 11.3 Å². The van der Waals surface area contributed by atoms with Crippen molar-refractivity contribution in [3.8, 4) is 6.07 Å². The molecule has 2 saturated heterocycles. The number of aliphatic carboxylic acids is 1. The van der Waals surface area contributed by atoms with E-state index in [1.54, 1.807) is 0 Å². The first-order valence-corrected chi connectivity index (χ1v) is 9.81. The van der Waals surface area contributed by atoms with Gasteiger partial charge in [-0.2, -0.15) is 5.26 Å². The molecule has 4 rings (SSSR count). The molecule has 2 aromatic carbocycles. The summed E-state index contributed by atoms with van der Waals surface area (Å²) < 4.78 is 0. The summed E-state index contributed by atoms with van der Waals surface area (Å²) in [7, 11) is 0. The van der Waals surface area contributed by atoms with Crippen LogP contribution in [0.25, 0.3) is 0 Å². The van der Waals surface area contributed by atoms with Crippen LogP contribution in [0.4, 0.5) is 0 Å². The fraction of sp³-hybridized carbons (Fsp3) is 0.391. The Labute approximate surface area is 165 Å². The van der Waals surface area contributed by atoms with E-state index in [1.165, 1.54) is 5.56 Å². The van der Waals surface area contributed by atoms with Crippen LogP contribution in [-0.2, 0) is 17.8 Å². The number of hydrogen-bond donors (Lipinski definition) is 1. The summed E-state index contributed by atoms with van der Waals surface area (Å²) in [5, 5.41) is 19.4. The molecule has 0 unspecified atom stereocenters. The molecule has 2 aliphatic rings. The van der Waals surface area contributed by atoms with Gasteiger partial charge in [0.2, 0.25) is 0 Å². The molecule has 0 spiro atoms. The lowest BCUT2D eigenvalue weighted by atomic mass is 9.81. The van der Waals surface area contributed by atoms with Gasteiger partial charge in [-0.25, -0.2) is 0 Å². The maximum absolute atomic E-state index is 12.2. The van der Waals surface area contributed by atoms with Gasteiger partial charge in [-0.15, -0.1) is 0 Å². The number of carboxylic acid groups (broad SMARTS) is 1. The predicted octanol–water partition coefficient (Wildman–Crippen LogP) is 2.62. The second-order valence-electron chi connectivity index (χ2n) is 8.07. The van der Waals surface area contributed by atoms with Crippen LogP contribution in [-0.4, -0.2) is 53.6 Å². The van der Waals surface area contributed by atoms with Crippen molar-refractivity contribution in [2.45, 2.75) is 13.0 Å². The van der Waals surface area contributed by atoms with Crippen molar-refractivity contribution in [3.63, 3.8) is 0 Å². The van der Waals surface area contributed by atoms with Crippen molar-refractivity contribution >= 4 is 5.97 Å². The number of rotatable bonds is 6. The first-order chi connectivity index (χ1) is 13.6. The molecule has 5 heteroatoms. The summed E-state index contributed by atoms with van der Waals surface area (Å²) in [6.45, 7) is 4.29. The van der Waals surface area contributed by atoms with E-state index < -0.39 is 11.4 Å². The van der Waals surface area contributed by atoms with Gasteiger partial charge in [-0.1, -0.05) is 48.5 Å². The summed E-state index contributed by atoms with van der Waals surface area (Å²) in [5.41, 5.74) is 2.25. The lowest BCUT2D eigenvalue weighted by Crippen LogP contribution is -2.41. The number of hydrogen-bond acceptors (Lipinski definition) is 4. The lowest BCUT2D eigenvalue weighted by molar-refractivity contribution is -0.148. The van der Waals surface area contributed by atoms with E-state index in [9.17, 15) is 15.2 Å². The average molecular weight is 375 g/mol. The molecule has 144 valence electrons. The van der Waals surface area contributed by atoms with E-state index in [0.717, 1.165) is 31.6 Å². The van der Waals surface area contributed by atoms with Gasteiger partial charge < -0.3 is 10.0 Å². The van der Waals surface area contributed by atoms with E-state index in [-0.39, 0.29) is 5.92 Å². The fourth-order valence-corrected chi connectivity index (χ4v) is 4.81. The SMILES string of the molecule is N#Cc1ccccc1CN1C[C@@H]2CN(CCc3ccccc3)C[C@]2(C(=O)O)C1. The Balaban J connectivity index is 1.42. The third kappa shape index (κ3) is 3.54. The second kappa shape index (κ2) is 7.75. The molecule has 28 heavy (non-hydrogen) atoms. The van der Waals surface area contributed by atoms with Crippen LogP contribution < -0.4 is 0 Å². The van der Waals surface area contributed by atoms with Crippen LogP contribution in [0.3, 0.4) is 0 Å². The number of benzene rings is 2. The summed E-state index contributed by atoms with van der Waals surface area (Å²) in [4.78, 5) is 16.8.